The molecule has 0 aromatic heterocycles. The average Bonchev–Trinajstić information content (AvgIpc) is 2.40. The Balaban J connectivity index is 2.06. The molecule has 4 nitrogen and oxygen atoms in total. The van der Waals surface area contributed by atoms with E-state index in [0.29, 0.717) is 17.5 Å². The van der Waals surface area contributed by atoms with E-state index in [1.54, 1.807) is 0 Å². The van der Waals surface area contributed by atoms with Gasteiger partial charge in [-0.2, -0.15) is 0 Å². The molecule has 1 heterocycles. The van der Waals surface area contributed by atoms with Gasteiger partial charge in [0, 0.05) is 18.0 Å². The zero-order chi connectivity index (χ0) is 13.8. The lowest BCUT2D eigenvalue weighted by atomic mass is 9.92. The molecular weight excluding hydrogens is 247 g/mol. The van der Waals surface area contributed by atoms with E-state index in [1.165, 1.54) is 25.3 Å². The summed E-state index contributed by atoms with van der Waals surface area (Å²) in [5.41, 5.74) is 0.514. The van der Waals surface area contributed by atoms with Gasteiger partial charge in [-0.05, 0) is 38.4 Å². The molecule has 1 aromatic carbocycles. The fraction of sp³-hybridized carbons (Fsp3) is 0.500. The van der Waals surface area contributed by atoms with Crippen LogP contribution in [0, 0.1) is 11.7 Å². The Hall–Kier alpha value is -1.62. The third-order valence-corrected chi connectivity index (χ3v) is 3.42. The number of carbonyl (C=O) groups excluding carboxylic acids is 1. The van der Waals surface area contributed by atoms with E-state index in [4.69, 9.17) is 4.74 Å². The molecule has 0 radical (unpaired) electrons. The van der Waals surface area contributed by atoms with Crippen LogP contribution in [0.3, 0.4) is 0 Å². The van der Waals surface area contributed by atoms with Crippen molar-refractivity contribution in [3.8, 4) is 5.75 Å². The maximum atomic E-state index is 13.1. The predicted molar refractivity (Wildman–Crippen MR) is 71.8 cm³/mol. The van der Waals surface area contributed by atoms with E-state index >= 15 is 0 Å². The first kappa shape index (κ1) is 13.8. The van der Waals surface area contributed by atoms with Crippen molar-refractivity contribution in [2.45, 2.75) is 25.8 Å². The third-order valence-electron chi connectivity index (χ3n) is 3.42. The molecule has 19 heavy (non-hydrogen) atoms. The van der Waals surface area contributed by atoms with Crippen LogP contribution in [0.5, 0.6) is 5.75 Å². The molecule has 1 aliphatic heterocycles. The Morgan fingerprint density at radius 2 is 2.32 bits per heavy atom. The van der Waals surface area contributed by atoms with Crippen LogP contribution in [-0.4, -0.2) is 25.6 Å². The third kappa shape index (κ3) is 3.44. The second-order valence-electron chi connectivity index (χ2n) is 4.91. The monoisotopic (exact) mass is 266 g/mol. The van der Waals surface area contributed by atoms with Gasteiger partial charge in [-0.3, -0.25) is 4.79 Å². The number of piperidine rings is 1. The Morgan fingerprint density at radius 3 is 3.00 bits per heavy atom. The van der Waals surface area contributed by atoms with Crippen molar-refractivity contribution in [1.29, 1.82) is 0 Å². The van der Waals surface area contributed by atoms with Gasteiger partial charge in [0.1, 0.15) is 11.6 Å². The highest BCUT2D eigenvalue weighted by atomic mass is 19.1. The summed E-state index contributed by atoms with van der Waals surface area (Å²) in [4.78, 5) is 12.2. The highest BCUT2D eigenvalue weighted by Crippen LogP contribution is 2.26. The Bertz CT molecular complexity index is 465. The molecule has 1 aliphatic rings. The number of amides is 1. The molecule has 1 fully saturated rings. The molecule has 0 spiro atoms. The zero-order valence-electron chi connectivity index (χ0n) is 11.2. The molecular formula is C14H19FN2O2. The van der Waals surface area contributed by atoms with Crippen LogP contribution < -0.4 is 15.4 Å². The number of halogens is 1. The molecule has 0 bridgehead atoms. The van der Waals surface area contributed by atoms with Gasteiger partial charge in [0.05, 0.1) is 12.8 Å². The summed E-state index contributed by atoms with van der Waals surface area (Å²) in [5, 5.41) is 6.13. The molecule has 104 valence electrons. The Kier molecular flexibility index (Phi) is 4.37. The second-order valence-corrected chi connectivity index (χ2v) is 4.91. The van der Waals surface area contributed by atoms with Crippen molar-refractivity contribution < 1.29 is 13.9 Å². The number of anilines is 1. The number of methoxy groups -OCH3 is 1. The summed E-state index contributed by atoms with van der Waals surface area (Å²) in [6, 6.07) is 4.44. The maximum Gasteiger partial charge on any atom is 0.227 e. The van der Waals surface area contributed by atoms with Gasteiger partial charge in [0.2, 0.25) is 5.91 Å². The van der Waals surface area contributed by atoms with Crippen LogP contribution in [0.25, 0.3) is 0 Å². The molecule has 5 heteroatoms. The Labute approximate surface area is 112 Å². The number of nitrogens with one attached hydrogen (secondary N) is 2. The normalized spacial score (nSPS) is 22.9. The van der Waals surface area contributed by atoms with E-state index in [9.17, 15) is 9.18 Å². The van der Waals surface area contributed by atoms with E-state index in [0.717, 1.165) is 19.4 Å². The second kappa shape index (κ2) is 6.02. The smallest absolute Gasteiger partial charge is 0.227 e. The van der Waals surface area contributed by atoms with Crippen LogP contribution >= 0.6 is 0 Å². The number of benzene rings is 1. The van der Waals surface area contributed by atoms with Crippen molar-refractivity contribution >= 4 is 11.6 Å². The minimum Gasteiger partial charge on any atom is -0.494 e. The summed E-state index contributed by atoms with van der Waals surface area (Å²) in [6.45, 7) is 2.91. The fourth-order valence-corrected chi connectivity index (χ4v) is 2.37. The van der Waals surface area contributed by atoms with Crippen molar-refractivity contribution in [1.82, 2.24) is 5.32 Å². The van der Waals surface area contributed by atoms with Crippen LogP contribution in [0.4, 0.5) is 10.1 Å². The largest absolute Gasteiger partial charge is 0.494 e. The first-order valence-corrected chi connectivity index (χ1v) is 6.48. The highest BCUT2D eigenvalue weighted by molar-refractivity contribution is 5.94. The summed E-state index contributed by atoms with van der Waals surface area (Å²) in [7, 11) is 1.46. The first-order chi connectivity index (χ1) is 9.10. The number of hydrogen-bond acceptors (Lipinski definition) is 3. The lowest BCUT2D eigenvalue weighted by Gasteiger charge is -2.27. The lowest BCUT2D eigenvalue weighted by Crippen LogP contribution is -2.40. The summed E-state index contributed by atoms with van der Waals surface area (Å²) in [6.07, 6.45) is 1.63. The average molecular weight is 266 g/mol. The van der Waals surface area contributed by atoms with Crippen molar-refractivity contribution in [3.63, 3.8) is 0 Å². The van der Waals surface area contributed by atoms with E-state index < -0.39 is 0 Å². The molecule has 1 aromatic rings. The SMILES string of the molecule is COc1cc(F)ccc1NC(=O)[C@H]1CCN[C@@H](C)C1. The number of ether oxygens (including phenoxy) is 1. The summed E-state index contributed by atoms with van der Waals surface area (Å²) < 4.78 is 18.1. The van der Waals surface area contributed by atoms with Crippen molar-refractivity contribution in [3.05, 3.63) is 24.0 Å². The fourth-order valence-electron chi connectivity index (χ4n) is 2.37. The zero-order valence-corrected chi connectivity index (χ0v) is 11.2. The minimum atomic E-state index is -0.384. The first-order valence-electron chi connectivity index (χ1n) is 6.48. The molecule has 0 unspecified atom stereocenters. The molecule has 2 N–H and O–H groups in total. The molecule has 0 saturated carbocycles. The van der Waals surface area contributed by atoms with Gasteiger partial charge in [-0.25, -0.2) is 4.39 Å². The topological polar surface area (TPSA) is 50.4 Å². The molecule has 0 aliphatic carbocycles. The van der Waals surface area contributed by atoms with Gasteiger partial charge in [0.15, 0.2) is 0 Å². The quantitative estimate of drug-likeness (QED) is 0.881. The number of hydrogen-bond donors (Lipinski definition) is 2. The lowest BCUT2D eigenvalue weighted by molar-refractivity contribution is -0.120. The van der Waals surface area contributed by atoms with Gasteiger partial charge in [0.25, 0.3) is 0 Å². The van der Waals surface area contributed by atoms with Gasteiger partial charge < -0.3 is 15.4 Å². The van der Waals surface area contributed by atoms with E-state index in [2.05, 4.69) is 17.6 Å². The van der Waals surface area contributed by atoms with E-state index in [1.807, 2.05) is 0 Å². The predicted octanol–water partition coefficient (Wildman–Crippen LogP) is 2.16. The standard InChI is InChI=1S/C14H19FN2O2/c1-9-7-10(5-6-16-9)14(18)17-12-4-3-11(15)8-13(12)19-2/h3-4,8-10,16H,5-7H2,1-2H3,(H,17,18)/t9-,10-/m0/s1. The van der Waals surface area contributed by atoms with Crippen molar-refractivity contribution in [2.75, 3.05) is 19.0 Å². The van der Waals surface area contributed by atoms with Gasteiger partial charge >= 0.3 is 0 Å². The van der Waals surface area contributed by atoms with E-state index in [-0.39, 0.29) is 17.6 Å². The highest BCUT2D eigenvalue weighted by Gasteiger charge is 2.25. The summed E-state index contributed by atoms with van der Waals surface area (Å²) in [5.74, 6) is -0.0788. The van der Waals surface area contributed by atoms with Crippen LogP contribution in [0.15, 0.2) is 18.2 Å². The van der Waals surface area contributed by atoms with Crippen LogP contribution in [0.2, 0.25) is 0 Å². The molecule has 2 atom stereocenters. The molecule has 1 saturated heterocycles. The van der Waals surface area contributed by atoms with Gasteiger partial charge in [-0.15, -0.1) is 0 Å². The summed E-state index contributed by atoms with van der Waals surface area (Å²) >= 11 is 0. The molecule has 2 rings (SSSR count). The molecule has 1 amide bonds. The minimum absolute atomic E-state index is 0.00832. The number of carbonyl (C=O) groups is 1. The van der Waals surface area contributed by atoms with Crippen molar-refractivity contribution in [2.24, 2.45) is 5.92 Å². The van der Waals surface area contributed by atoms with Crippen LogP contribution in [-0.2, 0) is 4.79 Å². The van der Waals surface area contributed by atoms with Crippen LogP contribution in [0.1, 0.15) is 19.8 Å². The number of rotatable bonds is 3. The maximum absolute atomic E-state index is 13.1. The van der Waals surface area contributed by atoms with Gasteiger partial charge in [-0.1, -0.05) is 0 Å². The Morgan fingerprint density at radius 1 is 1.53 bits per heavy atom.